The van der Waals surface area contributed by atoms with Crippen molar-refractivity contribution in [1.82, 2.24) is 0 Å². The van der Waals surface area contributed by atoms with Crippen LogP contribution in [0.1, 0.15) is 0 Å². The zero-order valence-electron chi connectivity index (χ0n) is 6.28. The van der Waals surface area contributed by atoms with E-state index < -0.39 is 0 Å². The van der Waals surface area contributed by atoms with E-state index in [0.29, 0.717) is 0 Å². The second-order valence-electron chi connectivity index (χ2n) is 1.49. The second-order valence-corrected chi connectivity index (χ2v) is 3.43. The molecule has 0 radical (unpaired) electrons. The van der Waals surface area contributed by atoms with Gasteiger partial charge in [-0.05, 0) is 0 Å². The molecule has 0 saturated heterocycles. The zero-order valence-corrected chi connectivity index (χ0v) is 8.83. The predicted octanol–water partition coefficient (Wildman–Crippen LogP) is 0.289. The fourth-order valence-corrected chi connectivity index (χ4v) is 0.854. The third kappa shape index (κ3) is 6.45. The first-order valence-electron chi connectivity index (χ1n) is 2.88. The summed E-state index contributed by atoms with van der Waals surface area (Å²) in [5.41, 5.74) is 0. The van der Waals surface area contributed by atoms with Gasteiger partial charge < -0.3 is 0 Å². The van der Waals surface area contributed by atoms with Crippen LogP contribution in [0.4, 0.5) is 9.59 Å². The standard InChI is InChI=1S/C4H4O4.2CH2.2Cr/c5-3-7-1-2-8-4-6;;;;/h1-2H2;2*1H2;;. The van der Waals surface area contributed by atoms with Crippen molar-refractivity contribution < 1.29 is 48.6 Å². The minimum atomic E-state index is -0.389. The molecule has 0 amide bonds. The topological polar surface area (TPSA) is 52.6 Å². The number of rotatable bonds is 5. The summed E-state index contributed by atoms with van der Waals surface area (Å²) < 4.78 is 9.24. The number of carbonyl (C=O) groups excluding carboxylic acids is 2. The molecule has 68 valence electrons. The summed E-state index contributed by atoms with van der Waals surface area (Å²) in [7, 11) is 0. The van der Waals surface area contributed by atoms with Crippen LogP contribution in [0.3, 0.4) is 0 Å². The Morgan fingerprint density at radius 3 is 1.58 bits per heavy atom. The molecule has 0 N–H and O–H groups in total. The van der Waals surface area contributed by atoms with Crippen LogP contribution in [0.25, 0.3) is 0 Å². The van der Waals surface area contributed by atoms with E-state index >= 15 is 0 Å². The maximum absolute atomic E-state index is 10.5. The molecule has 0 atom stereocenters. The second kappa shape index (κ2) is 7.40. The average molecular weight is 248 g/mol. The van der Waals surface area contributed by atoms with E-state index in [0.717, 1.165) is 0 Å². The Kier molecular flexibility index (Phi) is 7.24. The Balaban J connectivity index is 3.32. The van der Waals surface area contributed by atoms with Crippen LogP contribution in [0.5, 0.6) is 0 Å². The molecule has 0 aliphatic rings. The number of ether oxygens (including phenoxy) is 2. The van der Waals surface area contributed by atoms with E-state index in [1.54, 1.807) is 0 Å². The van der Waals surface area contributed by atoms with Gasteiger partial charge in [-0.25, -0.2) is 0 Å². The molecule has 6 heteroatoms. The number of carbonyl (C=O) groups is 2. The van der Waals surface area contributed by atoms with Gasteiger partial charge in [0, 0.05) is 0 Å². The van der Waals surface area contributed by atoms with Crippen molar-refractivity contribution in [3.05, 3.63) is 0 Å². The molecule has 0 fully saturated rings. The molecule has 0 aromatic heterocycles. The van der Waals surface area contributed by atoms with Crippen LogP contribution in [0.2, 0.25) is 0 Å². The van der Waals surface area contributed by atoms with E-state index in [4.69, 9.17) is 0 Å². The molecule has 0 aliphatic carbocycles. The fourth-order valence-electron chi connectivity index (χ4n) is 0.333. The van der Waals surface area contributed by atoms with Gasteiger partial charge in [0.2, 0.25) is 0 Å². The summed E-state index contributed by atoms with van der Waals surface area (Å²) in [6.07, 6.45) is 0. The SMILES string of the molecule is [CH2]=[Cr][C](=O)OCCO[C](=O)[Cr]=[CH2]. The maximum atomic E-state index is 10.5. The van der Waals surface area contributed by atoms with E-state index in [1.165, 1.54) is 0 Å². The molecule has 0 saturated carbocycles. The predicted molar refractivity (Wildman–Crippen MR) is 36.9 cm³/mol. The van der Waals surface area contributed by atoms with Crippen LogP contribution < -0.4 is 0 Å². The van der Waals surface area contributed by atoms with Crippen molar-refractivity contribution in [3.8, 4) is 0 Å². The molecule has 0 aromatic rings. The van der Waals surface area contributed by atoms with Gasteiger partial charge in [0.1, 0.15) is 0 Å². The van der Waals surface area contributed by atoms with E-state index in [-0.39, 0.29) is 52.4 Å². The Bertz CT molecular complexity index is 180. The van der Waals surface area contributed by atoms with Gasteiger partial charge in [0.15, 0.2) is 0 Å². The van der Waals surface area contributed by atoms with Gasteiger partial charge in [0.25, 0.3) is 0 Å². The van der Waals surface area contributed by atoms with Crippen molar-refractivity contribution >= 4 is 20.4 Å². The average Bonchev–Trinajstić information content (AvgIpc) is 2.11. The molecule has 12 heavy (non-hydrogen) atoms. The molecule has 0 heterocycles. The first-order valence-corrected chi connectivity index (χ1v) is 5.96. The normalized spacial score (nSPS) is 8.33. The number of hydrogen-bond donors (Lipinski definition) is 0. The first kappa shape index (κ1) is 11.7. The van der Waals surface area contributed by atoms with Crippen LogP contribution in [0, 0.1) is 0 Å². The molecule has 0 unspecified atom stereocenters. The van der Waals surface area contributed by atoms with Gasteiger partial charge in [-0.2, -0.15) is 0 Å². The summed E-state index contributed by atoms with van der Waals surface area (Å²) in [6.45, 7) is 0.218. The van der Waals surface area contributed by atoms with Crippen LogP contribution >= 0.6 is 0 Å². The Labute approximate surface area is 82.3 Å². The van der Waals surface area contributed by atoms with Crippen molar-refractivity contribution in [2.45, 2.75) is 0 Å². The first-order chi connectivity index (χ1) is 5.70. The van der Waals surface area contributed by atoms with Crippen LogP contribution in [0.15, 0.2) is 0 Å². The summed E-state index contributed by atoms with van der Waals surface area (Å²) in [5.74, 6) is 0. The van der Waals surface area contributed by atoms with E-state index in [9.17, 15) is 9.59 Å². The molecular formula is C6H8Cr2O4. The summed E-state index contributed by atoms with van der Waals surface area (Å²) in [5, 5.41) is 6.78. The van der Waals surface area contributed by atoms with Crippen molar-refractivity contribution in [2.75, 3.05) is 13.2 Å². The molecule has 0 aromatic carbocycles. The minimum absolute atomic E-state index is 0.109. The molecule has 4 nitrogen and oxygen atoms in total. The Morgan fingerprint density at radius 1 is 1.00 bits per heavy atom. The Morgan fingerprint density at radius 2 is 1.33 bits per heavy atom. The van der Waals surface area contributed by atoms with E-state index in [1.807, 2.05) is 0 Å². The van der Waals surface area contributed by atoms with Crippen molar-refractivity contribution in [1.29, 1.82) is 0 Å². The van der Waals surface area contributed by atoms with Gasteiger partial charge in [-0.15, -0.1) is 0 Å². The molecule has 0 bridgehead atoms. The fraction of sp³-hybridized carbons (Fsp3) is 0.333. The third-order valence-corrected chi connectivity index (χ3v) is 1.86. The quantitative estimate of drug-likeness (QED) is 0.656. The van der Waals surface area contributed by atoms with Crippen LogP contribution in [-0.4, -0.2) is 33.6 Å². The molecule has 0 aliphatic heterocycles. The Hall–Kier alpha value is -0.255. The molecular weight excluding hydrogens is 240 g/mol. The summed E-state index contributed by atoms with van der Waals surface area (Å²) >= 11 is -0.777. The molecule has 0 rings (SSSR count). The monoisotopic (exact) mass is 248 g/mol. The van der Waals surface area contributed by atoms with Gasteiger partial charge in [-0.3, -0.25) is 0 Å². The van der Waals surface area contributed by atoms with Gasteiger partial charge >= 0.3 is 82.3 Å². The van der Waals surface area contributed by atoms with Crippen LogP contribution in [-0.2, 0) is 39.0 Å². The van der Waals surface area contributed by atoms with E-state index in [2.05, 4.69) is 20.2 Å². The summed E-state index contributed by atoms with van der Waals surface area (Å²) in [4.78, 5) is 20.4. The summed E-state index contributed by atoms with van der Waals surface area (Å²) in [6, 6.07) is 0. The third-order valence-electron chi connectivity index (χ3n) is 0.759. The molecule has 0 spiro atoms. The number of hydrogen-bond acceptors (Lipinski definition) is 4. The van der Waals surface area contributed by atoms with Gasteiger partial charge in [-0.1, -0.05) is 0 Å². The van der Waals surface area contributed by atoms with Gasteiger partial charge in [0.05, 0.1) is 0 Å². The zero-order chi connectivity index (χ0) is 9.40. The van der Waals surface area contributed by atoms with Crippen molar-refractivity contribution in [3.63, 3.8) is 0 Å². The van der Waals surface area contributed by atoms with Crippen molar-refractivity contribution in [2.24, 2.45) is 0 Å².